The van der Waals surface area contributed by atoms with E-state index < -0.39 is 12.1 Å². The maximum Gasteiger partial charge on any atom is 0.339 e. The molecule has 0 aromatic heterocycles. The Balaban J connectivity index is 2.13. The number of benzene rings is 2. The van der Waals surface area contributed by atoms with Crippen molar-refractivity contribution in [3.8, 4) is 5.75 Å². The van der Waals surface area contributed by atoms with Crippen LogP contribution in [0.3, 0.4) is 0 Å². The summed E-state index contributed by atoms with van der Waals surface area (Å²) in [6.45, 7) is 3.76. The Kier molecular flexibility index (Phi) is 7.30. The number of anilines is 1. The van der Waals surface area contributed by atoms with Crippen LogP contribution in [-0.2, 0) is 9.53 Å². The van der Waals surface area contributed by atoms with Gasteiger partial charge in [0.05, 0.1) is 22.2 Å². The molecule has 0 radical (unpaired) electrons. The Morgan fingerprint density at radius 2 is 1.81 bits per heavy atom. The highest BCUT2D eigenvalue weighted by atomic mass is 35.5. The number of carbonyl (C=O) groups is 2. The van der Waals surface area contributed by atoms with Gasteiger partial charge in [-0.25, -0.2) is 4.79 Å². The molecule has 7 heteroatoms. The molecule has 2 aromatic carbocycles. The number of halogens is 2. The smallest absolute Gasteiger partial charge is 0.339 e. The van der Waals surface area contributed by atoms with Crippen LogP contribution < -0.4 is 10.1 Å². The number of nitrogens with one attached hydrogen (secondary N) is 1. The van der Waals surface area contributed by atoms with Crippen molar-refractivity contribution < 1.29 is 19.1 Å². The molecule has 0 saturated heterocycles. The van der Waals surface area contributed by atoms with Gasteiger partial charge < -0.3 is 14.8 Å². The largest absolute Gasteiger partial charge is 0.479 e. The maximum atomic E-state index is 12.5. The first-order valence-corrected chi connectivity index (χ1v) is 8.90. The van der Waals surface area contributed by atoms with Crippen molar-refractivity contribution in [2.45, 2.75) is 26.4 Å². The molecule has 0 aliphatic heterocycles. The molecule has 0 unspecified atom stereocenters. The van der Waals surface area contributed by atoms with Crippen LogP contribution in [0.4, 0.5) is 5.69 Å². The second kappa shape index (κ2) is 9.46. The number of rotatable bonds is 7. The number of esters is 1. The molecule has 1 amide bonds. The fourth-order valence-corrected chi connectivity index (χ4v) is 2.58. The maximum absolute atomic E-state index is 12.5. The number of hydrogen-bond acceptors (Lipinski definition) is 4. The predicted octanol–water partition coefficient (Wildman–Crippen LogP) is 4.97. The lowest BCUT2D eigenvalue weighted by molar-refractivity contribution is -0.122. The van der Waals surface area contributed by atoms with Gasteiger partial charge >= 0.3 is 5.97 Å². The van der Waals surface area contributed by atoms with E-state index in [-0.39, 0.29) is 23.1 Å². The van der Waals surface area contributed by atoms with Crippen LogP contribution in [0.1, 0.15) is 30.6 Å². The summed E-state index contributed by atoms with van der Waals surface area (Å²) in [6.07, 6.45) is -0.299. The first-order chi connectivity index (χ1) is 12.5. The molecule has 1 N–H and O–H groups in total. The van der Waals surface area contributed by atoms with E-state index in [1.807, 2.05) is 6.92 Å². The molecule has 0 saturated carbocycles. The van der Waals surface area contributed by atoms with E-state index in [0.29, 0.717) is 22.9 Å². The first kappa shape index (κ1) is 20.1. The molecular formula is C19H19Cl2NO4. The molecule has 5 nitrogen and oxygen atoms in total. The zero-order valence-corrected chi connectivity index (χ0v) is 15.9. The summed E-state index contributed by atoms with van der Waals surface area (Å²) in [7, 11) is 0. The normalized spacial score (nSPS) is 11.5. The minimum Gasteiger partial charge on any atom is -0.479 e. The molecule has 2 rings (SSSR count). The highest BCUT2D eigenvalue weighted by Crippen LogP contribution is 2.26. The highest BCUT2D eigenvalue weighted by Gasteiger charge is 2.20. The fourth-order valence-electron chi connectivity index (χ4n) is 2.21. The van der Waals surface area contributed by atoms with Gasteiger partial charge in [-0.1, -0.05) is 42.3 Å². The number of carbonyl (C=O) groups excluding carboxylic acids is 2. The van der Waals surface area contributed by atoms with Crippen molar-refractivity contribution in [1.82, 2.24) is 0 Å². The fraction of sp³-hybridized carbons (Fsp3) is 0.263. The Hall–Kier alpha value is -2.24. The van der Waals surface area contributed by atoms with Crippen molar-refractivity contribution >= 4 is 40.8 Å². The SMILES string of the molecule is CCOC(=O)c1cc(NC(=O)[C@H](CC)Oc2ccccc2Cl)ccc1Cl. The average molecular weight is 396 g/mol. The number of hydrogen-bond donors (Lipinski definition) is 1. The summed E-state index contributed by atoms with van der Waals surface area (Å²) in [5, 5.41) is 3.40. The van der Waals surface area contributed by atoms with Crippen molar-refractivity contribution in [1.29, 1.82) is 0 Å². The minimum atomic E-state index is -0.739. The lowest BCUT2D eigenvalue weighted by Crippen LogP contribution is -2.32. The zero-order chi connectivity index (χ0) is 19.1. The van der Waals surface area contributed by atoms with Gasteiger partial charge in [0.2, 0.25) is 0 Å². The van der Waals surface area contributed by atoms with Gasteiger partial charge in [-0.05, 0) is 43.7 Å². The molecule has 0 aliphatic carbocycles. The third-order valence-electron chi connectivity index (χ3n) is 3.50. The van der Waals surface area contributed by atoms with Crippen LogP contribution in [0.15, 0.2) is 42.5 Å². The molecule has 0 spiro atoms. The molecule has 0 aliphatic rings. The Morgan fingerprint density at radius 1 is 1.08 bits per heavy atom. The van der Waals surface area contributed by atoms with Gasteiger partial charge in [0, 0.05) is 5.69 Å². The van der Waals surface area contributed by atoms with Gasteiger partial charge in [0.1, 0.15) is 5.75 Å². The monoisotopic (exact) mass is 395 g/mol. The summed E-state index contributed by atoms with van der Waals surface area (Å²) in [5.41, 5.74) is 0.607. The highest BCUT2D eigenvalue weighted by molar-refractivity contribution is 6.33. The second-order valence-electron chi connectivity index (χ2n) is 5.35. The van der Waals surface area contributed by atoms with Crippen LogP contribution >= 0.6 is 23.2 Å². The Bertz CT molecular complexity index is 795. The lowest BCUT2D eigenvalue weighted by Gasteiger charge is -2.18. The van der Waals surface area contributed by atoms with E-state index in [0.717, 1.165) is 0 Å². The van der Waals surface area contributed by atoms with Gasteiger partial charge in [-0.15, -0.1) is 0 Å². The third-order valence-corrected chi connectivity index (χ3v) is 4.14. The third kappa shape index (κ3) is 5.13. The number of para-hydroxylation sites is 1. The van der Waals surface area contributed by atoms with E-state index in [1.165, 1.54) is 12.1 Å². The quantitative estimate of drug-likeness (QED) is 0.672. The second-order valence-corrected chi connectivity index (χ2v) is 6.16. The number of ether oxygens (including phenoxy) is 2. The van der Waals surface area contributed by atoms with Crippen LogP contribution in [-0.4, -0.2) is 24.6 Å². The molecule has 0 bridgehead atoms. The van der Waals surface area contributed by atoms with Gasteiger partial charge in [-0.2, -0.15) is 0 Å². The van der Waals surface area contributed by atoms with Gasteiger partial charge in [0.15, 0.2) is 6.10 Å². The van der Waals surface area contributed by atoms with E-state index in [2.05, 4.69) is 5.32 Å². The lowest BCUT2D eigenvalue weighted by atomic mass is 10.2. The van der Waals surface area contributed by atoms with Crippen LogP contribution in [0.2, 0.25) is 10.0 Å². The molecule has 26 heavy (non-hydrogen) atoms. The van der Waals surface area contributed by atoms with E-state index in [9.17, 15) is 9.59 Å². The zero-order valence-electron chi connectivity index (χ0n) is 14.4. The van der Waals surface area contributed by atoms with Gasteiger partial charge in [0.25, 0.3) is 5.91 Å². The molecule has 1 atom stereocenters. The summed E-state index contributed by atoms with van der Waals surface area (Å²) in [5.74, 6) is -0.475. The number of amides is 1. The molecular weight excluding hydrogens is 377 g/mol. The predicted molar refractivity (Wildman–Crippen MR) is 102 cm³/mol. The van der Waals surface area contributed by atoms with Gasteiger partial charge in [-0.3, -0.25) is 4.79 Å². The summed E-state index contributed by atoms with van der Waals surface area (Å²) in [4.78, 5) is 24.4. The van der Waals surface area contributed by atoms with E-state index >= 15 is 0 Å². The first-order valence-electron chi connectivity index (χ1n) is 8.15. The Morgan fingerprint density at radius 3 is 2.46 bits per heavy atom. The Labute approximate surface area is 162 Å². The van der Waals surface area contributed by atoms with E-state index in [4.69, 9.17) is 32.7 Å². The van der Waals surface area contributed by atoms with Crippen molar-refractivity contribution in [2.75, 3.05) is 11.9 Å². The minimum absolute atomic E-state index is 0.186. The van der Waals surface area contributed by atoms with Crippen LogP contribution in [0.5, 0.6) is 5.75 Å². The summed E-state index contributed by atoms with van der Waals surface area (Å²) >= 11 is 12.1. The van der Waals surface area contributed by atoms with Crippen molar-refractivity contribution in [3.63, 3.8) is 0 Å². The molecule has 0 heterocycles. The summed E-state index contributed by atoms with van der Waals surface area (Å²) in [6, 6.07) is 11.5. The van der Waals surface area contributed by atoms with E-state index in [1.54, 1.807) is 37.3 Å². The average Bonchev–Trinajstić information content (AvgIpc) is 2.62. The molecule has 2 aromatic rings. The standard InChI is InChI=1S/C19H19Cl2NO4/c1-3-16(26-17-8-6-5-7-15(17)21)18(23)22-12-9-10-14(20)13(11-12)19(24)25-4-2/h5-11,16H,3-4H2,1-2H3,(H,22,23)/t16-/m0/s1. The molecule has 138 valence electrons. The van der Waals surface area contributed by atoms with Crippen LogP contribution in [0.25, 0.3) is 0 Å². The topological polar surface area (TPSA) is 64.6 Å². The molecule has 0 fully saturated rings. The van der Waals surface area contributed by atoms with Crippen molar-refractivity contribution in [2.24, 2.45) is 0 Å². The van der Waals surface area contributed by atoms with Crippen molar-refractivity contribution in [3.05, 3.63) is 58.1 Å². The van der Waals surface area contributed by atoms with Crippen LogP contribution in [0, 0.1) is 0 Å². The summed E-state index contributed by atoms with van der Waals surface area (Å²) < 4.78 is 10.7.